The van der Waals surface area contributed by atoms with Gasteiger partial charge in [-0.05, 0) is 49.1 Å². The monoisotopic (exact) mass is 438 g/mol. The van der Waals surface area contributed by atoms with Gasteiger partial charge in [0.15, 0.2) is 5.96 Å². The molecular formula is C25H34N4O3. The standard InChI is InChI=1S/C25H34N4O3/c1-18-7-10-21(23(14-18)32-17-22-6-5-13-31-22)16-28-25(26-2)27-15-19-8-11-20(12-9-19)24(30)29(3)4/h7-12,14,22H,5-6,13,15-17H2,1-4H3,(H2,26,27,28). The van der Waals surface area contributed by atoms with Crippen molar-refractivity contribution in [1.82, 2.24) is 15.5 Å². The Morgan fingerprint density at radius 2 is 1.91 bits per heavy atom. The quantitative estimate of drug-likeness (QED) is 0.489. The summed E-state index contributed by atoms with van der Waals surface area (Å²) >= 11 is 0. The molecule has 1 heterocycles. The lowest BCUT2D eigenvalue weighted by molar-refractivity contribution is 0.0676. The summed E-state index contributed by atoms with van der Waals surface area (Å²) in [5.74, 6) is 1.58. The second kappa shape index (κ2) is 11.5. The summed E-state index contributed by atoms with van der Waals surface area (Å²) in [7, 11) is 5.25. The van der Waals surface area contributed by atoms with Crippen LogP contribution in [-0.4, -0.2) is 57.2 Å². The first-order valence-corrected chi connectivity index (χ1v) is 11.1. The maximum absolute atomic E-state index is 12.0. The second-order valence-corrected chi connectivity index (χ2v) is 8.23. The molecule has 1 atom stereocenters. The molecule has 1 amide bonds. The number of hydrogen-bond donors (Lipinski definition) is 2. The largest absolute Gasteiger partial charge is 0.491 e. The molecule has 7 heteroatoms. The molecule has 0 saturated carbocycles. The van der Waals surface area contributed by atoms with Gasteiger partial charge in [0, 0.05) is 52.0 Å². The van der Waals surface area contributed by atoms with Crippen LogP contribution in [0.1, 0.15) is 39.9 Å². The van der Waals surface area contributed by atoms with Crippen LogP contribution in [0.4, 0.5) is 0 Å². The van der Waals surface area contributed by atoms with Crippen LogP contribution in [0, 0.1) is 6.92 Å². The summed E-state index contributed by atoms with van der Waals surface area (Å²) in [5, 5.41) is 6.67. The Bertz CT molecular complexity index is 919. The molecule has 172 valence electrons. The van der Waals surface area contributed by atoms with Gasteiger partial charge in [-0.25, -0.2) is 0 Å². The number of hydrogen-bond acceptors (Lipinski definition) is 4. The van der Waals surface area contributed by atoms with Crippen LogP contribution in [0.15, 0.2) is 47.5 Å². The lowest BCUT2D eigenvalue weighted by atomic mass is 10.1. The van der Waals surface area contributed by atoms with E-state index in [1.54, 1.807) is 26.0 Å². The molecule has 3 rings (SSSR count). The molecule has 1 aliphatic rings. The molecular weight excluding hydrogens is 404 g/mol. The van der Waals surface area contributed by atoms with E-state index in [9.17, 15) is 4.79 Å². The first-order valence-electron chi connectivity index (χ1n) is 11.1. The first-order chi connectivity index (χ1) is 15.5. The molecule has 2 N–H and O–H groups in total. The van der Waals surface area contributed by atoms with E-state index in [0.29, 0.717) is 31.2 Å². The van der Waals surface area contributed by atoms with E-state index in [2.05, 4.69) is 40.7 Å². The maximum Gasteiger partial charge on any atom is 0.253 e. The SMILES string of the molecule is CN=C(NCc1ccc(C(=O)N(C)C)cc1)NCc1ccc(C)cc1OCC1CCCO1. The van der Waals surface area contributed by atoms with Crippen LogP contribution in [-0.2, 0) is 17.8 Å². The number of benzene rings is 2. The molecule has 7 nitrogen and oxygen atoms in total. The van der Waals surface area contributed by atoms with E-state index >= 15 is 0 Å². The van der Waals surface area contributed by atoms with E-state index in [0.717, 1.165) is 41.9 Å². The number of rotatable bonds is 8. The predicted octanol–water partition coefficient (Wildman–Crippen LogP) is 3.12. The highest BCUT2D eigenvalue weighted by atomic mass is 16.5. The average molecular weight is 439 g/mol. The molecule has 0 aromatic heterocycles. The average Bonchev–Trinajstić information content (AvgIpc) is 3.32. The number of carbonyl (C=O) groups is 1. The van der Waals surface area contributed by atoms with E-state index < -0.39 is 0 Å². The number of carbonyl (C=O) groups excluding carboxylic acids is 1. The highest BCUT2D eigenvalue weighted by Gasteiger charge is 2.17. The summed E-state index contributed by atoms with van der Waals surface area (Å²) in [6.45, 7) is 4.67. The minimum Gasteiger partial charge on any atom is -0.491 e. The molecule has 0 aliphatic carbocycles. The zero-order valence-corrected chi connectivity index (χ0v) is 19.5. The van der Waals surface area contributed by atoms with Crippen molar-refractivity contribution < 1.29 is 14.3 Å². The molecule has 0 radical (unpaired) electrons. The normalized spacial score (nSPS) is 16.0. The minimum absolute atomic E-state index is 0.00222. The molecule has 0 bridgehead atoms. The summed E-state index contributed by atoms with van der Waals surface area (Å²) in [6.07, 6.45) is 2.35. The lowest BCUT2D eigenvalue weighted by Crippen LogP contribution is -2.36. The van der Waals surface area contributed by atoms with Crippen LogP contribution in [0.2, 0.25) is 0 Å². The van der Waals surface area contributed by atoms with Crippen molar-refractivity contribution in [1.29, 1.82) is 0 Å². The van der Waals surface area contributed by atoms with Gasteiger partial charge in [0.25, 0.3) is 5.91 Å². The minimum atomic E-state index is -0.00222. The summed E-state index contributed by atoms with van der Waals surface area (Å²) in [5.41, 5.74) is 3.98. The zero-order valence-electron chi connectivity index (χ0n) is 19.5. The first kappa shape index (κ1) is 23.6. The van der Waals surface area contributed by atoms with Gasteiger partial charge in [-0.15, -0.1) is 0 Å². The Morgan fingerprint density at radius 3 is 2.56 bits per heavy atom. The topological polar surface area (TPSA) is 75.2 Å². The van der Waals surface area contributed by atoms with Gasteiger partial charge in [-0.1, -0.05) is 24.3 Å². The highest BCUT2D eigenvalue weighted by Crippen LogP contribution is 2.22. The third-order valence-corrected chi connectivity index (χ3v) is 5.41. The third-order valence-electron chi connectivity index (χ3n) is 5.41. The van der Waals surface area contributed by atoms with Gasteiger partial charge in [0.1, 0.15) is 12.4 Å². The van der Waals surface area contributed by atoms with Crippen LogP contribution in [0.3, 0.4) is 0 Å². The van der Waals surface area contributed by atoms with Crippen LogP contribution >= 0.6 is 0 Å². The molecule has 1 unspecified atom stereocenters. The zero-order chi connectivity index (χ0) is 22.9. The number of nitrogens with zero attached hydrogens (tertiary/aromatic N) is 2. The lowest BCUT2D eigenvalue weighted by Gasteiger charge is -2.17. The number of aliphatic imine (C=N–C) groups is 1. The van der Waals surface area contributed by atoms with Crippen molar-refractivity contribution in [2.75, 3.05) is 34.4 Å². The van der Waals surface area contributed by atoms with Gasteiger partial charge in [0.05, 0.1) is 6.10 Å². The number of guanidine groups is 1. The molecule has 2 aromatic carbocycles. The van der Waals surface area contributed by atoms with Crippen molar-refractivity contribution in [2.45, 2.75) is 39.0 Å². The molecule has 1 fully saturated rings. The van der Waals surface area contributed by atoms with Crippen LogP contribution < -0.4 is 15.4 Å². The molecule has 0 spiro atoms. The van der Waals surface area contributed by atoms with Gasteiger partial charge in [-0.3, -0.25) is 9.79 Å². The number of nitrogens with one attached hydrogen (secondary N) is 2. The number of amides is 1. The third kappa shape index (κ3) is 6.72. The van der Waals surface area contributed by atoms with Crippen molar-refractivity contribution in [2.24, 2.45) is 4.99 Å². The summed E-state index contributed by atoms with van der Waals surface area (Å²) in [6, 6.07) is 13.8. The summed E-state index contributed by atoms with van der Waals surface area (Å²) in [4.78, 5) is 17.9. The fraction of sp³-hybridized carbons (Fsp3) is 0.440. The summed E-state index contributed by atoms with van der Waals surface area (Å²) < 4.78 is 11.8. The fourth-order valence-corrected chi connectivity index (χ4v) is 3.51. The predicted molar refractivity (Wildman–Crippen MR) is 127 cm³/mol. The van der Waals surface area contributed by atoms with Gasteiger partial charge < -0.3 is 25.0 Å². The molecule has 2 aromatic rings. The highest BCUT2D eigenvalue weighted by molar-refractivity contribution is 5.93. The molecule has 1 aliphatic heterocycles. The van der Waals surface area contributed by atoms with E-state index in [1.807, 2.05) is 24.3 Å². The Balaban J connectivity index is 1.53. The second-order valence-electron chi connectivity index (χ2n) is 8.23. The number of aryl methyl sites for hydroxylation is 1. The Kier molecular flexibility index (Phi) is 8.50. The van der Waals surface area contributed by atoms with E-state index in [-0.39, 0.29) is 12.0 Å². The Labute approximate surface area is 190 Å². The van der Waals surface area contributed by atoms with Gasteiger partial charge >= 0.3 is 0 Å². The fourth-order valence-electron chi connectivity index (χ4n) is 3.51. The van der Waals surface area contributed by atoms with Crippen molar-refractivity contribution in [3.63, 3.8) is 0 Å². The van der Waals surface area contributed by atoms with Crippen molar-refractivity contribution >= 4 is 11.9 Å². The molecule has 1 saturated heterocycles. The number of ether oxygens (including phenoxy) is 2. The Morgan fingerprint density at radius 1 is 1.16 bits per heavy atom. The van der Waals surface area contributed by atoms with Crippen LogP contribution in [0.5, 0.6) is 5.75 Å². The van der Waals surface area contributed by atoms with Crippen LogP contribution in [0.25, 0.3) is 0 Å². The molecule has 32 heavy (non-hydrogen) atoms. The smallest absolute Gasteiger partial charge is 0.253 e. The van der Waals surface area contributed by atoms with Crippen molar-refractivity contribution in [3.05, 3.63) is 64.7 Å². The van der Waals surface area contributed by atoms with E-state index in [1.165, 1.54) is 0 Å². The van der Waals surface area contributed by atoms with E-state index in [4.69, 9.17) is 9.47 Å². The van der Waals surface area contributed by atoms with Crippen molar-refractivity contribution in [3.8, 4) is 5.75 Å². The Hall–Kier alpha value is -3.06. The van der Waals surface area contributed by atoms with Gasteiger partial charge in [-0.2, -0.15) is 0 Å². The maximum atomic E-state index is 12.0. The van der Waals surface area contributed by atoms with Gasteiger partial charge in [0.2, 0.25) is 0 Å².